The predicted octanol–water partition coefficient (Wildman–Crippen LogP) is 3.10. The molecule has 0 aliphatic heterocycles. The molecule has 2 aliphatic carbocycles. The highest BCUT2D eigenvalue weighted by atomic mass is 16.3. The molecule has 2 saturated carbocycles. The molecule has 3 rings (SSSR count). The minimum atomic E-state index is -1.03. The van der Waals surface area contributed by atoms with Crippen molar-refractivity contribution in [1.82, 2.24) is 10.6 Å². The molecule has 25 heavy (non-hydrogen) atoms. The van der Waals surface area contributed by atoms with Crippen molar-refractivity contribution < 1.29 is 9.52 Å². The van der Waals surface area contributed by atoms with Crippen molar-refractivity contribution in [2.75, 3.05) is 19.6 Å². The quantitative estimate of drug-likeness (QED) is 0.499. The number of guanidine groups is 1. The average Bonchev–Trinajstić information content (AvgIpc) is 3.45. The largest absolute Gasteiger partial charge is 0.466 e. The molecule has 1 unspecified atom stereocenters. The van der Waals surface area contributed by atoms with Gasteiger partial charge in [-0.3, -0.25) is 0 Å². The summed E-state index contributed by atoms with van der Waals surface area (Å²) in [6, 6.07) is 1.90. The normalized spacial score (nSPS) is 20.6. The van der Waals surface area contributed by atoms with Gasteiger partial charge >= 0.3 is 0 Å². The molecule has 140 valence electrons. The summed E-state index contributed by atoms with van der Waals surface area (Å²) >= 11 is 0. The van der Waals surface area contributed by atoms with Crippen LogP contribution in [0.4, 0.5) is 0 Å². The van der Waals surface area contributed by atoms with E-state index in [-0.39, 0.29) is 0 Å². The fourth-order valence-electron chi connectivity index (χ4n) is 3.81. The lowest BCUT2D eigenvalue weighted by atomic mass is 9.96. The highest BCUT2D eigenvalue weighted by Crippen LogP contribution is 2.48. The molecule has 1 aromatic heterocycles. The second-order valence-electron chi connectivity index (χ2n) is 8.02. The summed E-state index contributed by atoms with van der Waals surface area (Å²) in [6.07, 6.45) is 5.57. The first kappa shape index (κ1) is 18.3. The zero-order chi connectivity index (χ0) is 18.0. The van der Waals surface area contributed by atoms with Gasteiger partial charge in [0.25, 0.3) is 0 Å². The average molecular weight is 348 g/mol. The Morgan fingerprint density at radius 2 is 1.92 bits per heavy atom. The highest BCUT2D eigenvalue weighted by molar-refractivity contribution is 5.79. The van der Waals surface area contributed by atoms with Crippen molar-refractivity contribution in [2.24, 2.45) is 22.7 Å². The van der Waals surface area contributed by atoms with Crippen molar-refractivity contribution in [3.63, 3.8) is 0 Å². The van der Waals surface area contributed by atoms with Gasteiger partial charge in [0, 0.05) is 18.7 Å². The summed E-state index contributed by atoms with van der Waals surface area (Å²) < 4.78 is 5.56. The Morgan fingerprint density at radius 1 is 1.28 bits per heavy atom. The van der Waals surface area contributed by atoms with Gasteiger partial charge in [-0.05, 0) is 77.2 Å². The van der Waals surface area contributed by atoms with Crippen LogP contribution in [0.3, 0.4) is 0 Å². The molecule has 1 aromatic rings. The molecule has 3 N–H and O–H groups in total. The third-order valence-electron chi connectivity index (χ3n) is 5.47. The zero-order valence-electron chi connectivity index (χ0n) is 16.1. The van der Waals surface area contributed by atoms with Gasteiger partial charge < -0.3 is 20.2 Å². The van der Waals surface area contributed by atoms with E-state index in [0.29, 0.717) is 6.54 Å². The Morgan fingerprint density at radius 3 is 2.40 bits per heavy atom. The standard InChI is InChI=1S/C20H33N3O2/c1-5-21-19(22-11-17(15-6-7-15)16-8-9-16)23-12-20(4,24)18-10-13(2)25-14(18)3/h10,15-17,24H,5-9,11-12H2,1-4H3,(H2,21,22,23). The van der Waals surface area contributed by atoms with Crippen LogP contribution in [-0.2, 0) is 5.60 Å². The molecule has 5 nitrogen and oxygen atoms in total. The van der Waals surface area contributed by atoms with Crippen LogP contribution in [0.2, 0.25) is 0 Å². The Hall–Kier alpha value is -1.49. The van der Waals surface area contributed by atoms with E-state index >= 15 is 0 Å². The maximum atomic E-state index is 10.8. The fourth-order valence-corrected chi connectivity index (χ4v) is 3.81. The zero-order valence-corrected chi connectivity index (χ0v) is 16.1. The predicted molar refractivity (Wildman–Crippen MR) is 101 cm³/mol. The second kappa shape index (κ2) is 7.40. The Balaban J connectivity index is 1.61. The number of hydrogen-bond donors (Lipinski definition) is 3. The summed E-state index contributed by atoms with van der Waals surface area (Å²) in [5.74, 6) is 5.01. The van der Waals surface area contributed by atoms with Crippen LogP contribution >= 0.6 is 0 Å². The monoisotopic (exact) mass is 347 g/mol. The molecule has 5 heteroatoms. The van der Waals surface area contributed by atoms with Crippen LogP contribution < -0.4 is 10.6 Å². The van der Waals surface area contributed by atoms with Crippen molar-refractivity contribution >= 4 is 5.96 Å². The fraction of sp³-hybridized carbons (Fsp3) is 0.750. The number of nitrogens with zero attached hydrogens (tertiary/aromatic N) is 1. The van der Waals surface area contributed by atoms with E-state index in [1.165, 1.54) is 25.7 Å². The Kier molecular flexibility index (Phi) is 5.42. The minimum absolute atomic E-state index is 0.305. The number of furan rings is 1. The summed E-state index contributed by atoms with van der Waals surface area (Å²) in [6.45, 7) is 9.77. The van der Waals surface area contributed by atoms with Gasteiger partial charge in [0.1, 0.15) is 17.1 Å². The lowest BCUT2D eigenvalue weighted by Gasteiger charge is -2.23. The number of aryl methyl sites for hydroxylation is 2. The first-order chi connectivity index (χ1) is 11.9. The molecule has 0 saturated heterocycles. The number of aliphatic imine (C=N–C) groups is 1. The molecule has 2 fully saturated rings. The van der Waals surface area contributed by atoms with E-state index in [4.69, 9.17) is 4.42 Å². The number of aliphatic hydroxyl groups is 1. The van der Waals surface area contributed by atoms with Gasteiger partial charge in [0.2, 0.25) is 0 Å². The van der Waals surface area contributed by atoms with Crippen molar-refractivity contribution in [2.45, 2.75) is 59.0 Å². The van der Waals surface area contributed by atoms with E-state index in [9.17, 15) is 5.11 Å². The number of nitrogens with one attached hydrogen (secondary N) is 2. The molecule has 1 heterocycles. The summed E-state index contributed by atoms with van der Waals surface area (Å²) in [7, 11) is 0. The van der Waals surface area contributed by atoms with Gasteiger partial charge in [-0.15, -0.1) is 0 Å². The molecule has 0 radical (unpaired) electrons. The topological polar surface area (TPSA) is 69.8 Å². The number of rotatable bonds is 8. The molecular weight excluding hydrogens is 314 g/mol. The van der Waals surface area contributed by atoms with Gasteiger partial charge in [-0.1, -0.05) is 0 Å². The first-order valence-corrected chi connectivity index (χ1v) is 9.72. The van der Waals surface area contributed by atoms with Crippen LogP contribution in [0.25, 0.3) is 0 Å². The van der Waals surface area contributed by atoms with Crippen LogP contribution in [0.1, 0.15) is 56.6 Å². The SMILES string of the molecule is CCNC(=NCC(C)(O)c1cc(C)oc1C)NCC(C1CC1)C1CC1. The molecular formula is C20H33N3O2. The maximum Gasteiger partial charge on any atom is 0.191 e. The maximum absolute atomic E-state index is 10.8. The molecule has 2 aliphatic rings. The van der Waals surface area contributed by atoms with Gasteiger partial charge in [0.05, 0.1) is 6.54 Å². The highest BCUT2D eigenvalue weighted by Gasteiger charge is 2.41. The van der Waals surface area contributed by atoms with E-state index in [0.717, 1.165) is 53.9 Å². The molecule has 0 amide bonds. The molecule has 0 aromatic carbocycles. The first-order valence-electron chi connectivity index (χ1n) is 9.72. The van der Waals surface area contributed by atoms with Gasteiger partial charge in [0.15, 0.2) is 5.96 Å². The lowest BCUT2D eigenvalue weighted by Crippen LogP contribution is -2.41. The van der Waals surface area contributed by atoms with Crippen LogP contribution in [-0.4, -0.2) is 30.7 Å². The van der Waals surface area contributed by atoms with E-state index in [1.807, 2.05) is 19.9 Å². The molecule has 1 atom stereocenters. The van der Waals surface area contributed by atoms with Gasteiger partial charge in [-0.2, -0.15) is 0 Å². The number of hydrogen-bond acceptors (Lipinski definition) is 3. The van der Waals surface area contributed by atoms with Crippen LogP contribution in [0.5, 0.6) is 0 Å². The molecule has 0 spiro atoms. The Bertz CT molecular complexity index is 600. The third-order valence-corrected chi connectivity index (χ3v) is 5.47. The minimum Gasteiger partial charge on any atom is -0.466 e. The Labute approximate surface area is 151 Å². The third kappa shape index (κ3) is 4.78. The van der Waals surface area contributed by atoms with E-state index in [1.54, 1.807) is 6.92 Å². The van der Waals surface area contributed by atoms with Crippen LogP contribution in [0.15, 0.2) is 15.5 Å². The van der Waals surface area contributed by atoms with Crippen molar-refractivity contribution in [3.8, 4) is 0 Å². The van der Waals surface area contributed by atoms with E-state index < -0.39 is 5.60 Å². The molecule has 0 bridgehead atoms. The smallest absolute Gasteiger partial charge is 0.191 e. The van der Waals surface area contributed by atoms with Gasteiger partial charge in [-0.25, -0.2) is 4.99 Å². The van der Waals surface area contributed by atoms with Crippen molar-refractivity contribution in [3.05, 3.63) is 23.2 Å². The van der Waals surface area contributed by atoms with Crippen LogP contribution in [0, 0.1) is 31.6 Å². The second-order valence-corrected chi connectivity index (χ2v) is 8.02. The summed E-state index contributed by atoms with van der Waals surface area (Å²) in [5, 5.41) is 17.7. The van der Waals surface area contributed by atoms with Crippen molar-refractivity contribution in [1.29, 1.82) is 0 Å². The summed E-state index contributed by atoms with van der Waals surface area (Å²) in [4.78, 5) is 4.65. The lowest BCUT2D eigenvalue weighted by molar-refractivity contribution is 0.0657. The summed E-state index contributed by atoms with van der Waals surface area (Å²) in [5.41, 5.74) is -0.213. The van der Waals surface area contributed by atoms with E-state index in [2.05, 4.69) is 22.5 Å².